The van der Waals surface area contributed by atoms with Crippen molar-refractivity contribution in [3.63, 3.8) is 0 Å². The average Bonchev–Trinajstić information content (AvgIpc) is 3.47. The van der Waals surface area contributed by atoms with Crippen molar-refractivity contribution in [1.82, 2.24) is 9.55 Å². The van der Waals surface area contributed by atoms with Crippen molar-refractivity contribution in [2.75, 3.05) is 31.6 Å². The van der Waals surface area contributed by atoms with Crippen molar-refractivity contribution in [3.05, 3.63) is 33.9 Å². The van der Waals surface area contributed by atoms with Crippen molar-refractivity contribution < 1.29 is 19.1 Å². The summed E-state index contributed by atoms with van der Waals surface area (Å²) in [5, 5.41) is 13.3. The number of pyridine rings is 2. The quantitative estimate of drug-likeness (QED) is 0.680. The molecule has 162 valence electrons. The molecule has 4 rings (SSSR count). The minimum atomic E-state index is -1.34. The van der Waals surface area contributed by atoms with Crippen LogP contribution in [0.2, 0.25) is 0 Å². The van der Waals surface area contributed by atoms with E-state index in [1.165, 1.54) is 13.3 Å². The van der Waals surface area contributed by atoms with Gasteiger partial charge in [-0.15, -0.1) is 12.4 Å². The van der Waals surface area contributed by atoms with Crippen LogP contribution in [0.25, 0.3) is 11.0 Å². The zero-order valence-electron chi connectivity index (χ0n) is 16.6. The third-order valence-corrected chi connectivity index (χ3v) is 5.64. The van der Waals surface area contributed by atoms with E-state index in [1.54, 1.807) is 9.47 Å². The molecule has 2 aliphatic rings. The maximum atomic E-state index is 15.0. The van der Waals surface area contributed by atoms with Crippen LogP contribution in [0, 0.1) is 11.2 Å². The summed E-state index contributed by atoms with van der Waals surface area (Å²) in [6.07, 6.45) is 3.02. The average molecular weight is 440 g/mol. The highest BCUT2D eigenvalue weighted by Crippen LogP contribution is 2.38. The molecule has 2 aromatic heterocycles. The second kappa shape index (κ2) is 7.84. The van der Waals surface area contributed by atoms with Gasteiger partial charge in [-0.1, -0.05) is 12.1 Å². The third kappa shape index (κ3) is 3.50. The minimum absolute atomic E-state index is 0. The predicted molar refractivity (Wildman–Crippen MR) is 112 cm³/mol. The molecule has 1 saturated carbocycles. The van der Waals surface area contributed by atoms with Crippen molar-refractivity contribution >= 4 is 40.9 Å². The highest BCUT2D eigenvalue weighted by molar-refractivity contribution is 5.97. The smallest absolute Gasteiger partial charge is 0.341 e. The predicted octanol–water partition coefficient (Wildman–Crippen LogP) is 1.78. The molecule has 1 atom stereocenters. The van der Waals surface area contributed by atoms with Gasteiger partial charge in [0.1, 0.15) is 18.3 Å². The van der Waals surface area contributed by atoms with Gasteiger partial charge in [0.15, 0.2) is 11.6 Å². The van der Waals surface area contributed by atoms with Gasteiger partial charge in [-0.25, -0.2) is 14.2 Å². The number of nitrogens with two attached hydrogens (primary N) is 1. The van der Waals surface area contributed by atoms with Crippen LogP contribution >= 0.6 is 12.4 Å². The van der Waals surface area contributed by atoms with Gasteiger partial charge >= 0.3 is 5.97 Å². The molecule has 0 radical (unpaired) electrons. The Balaban J connectivity index is 0.00000256. The SMILES string of the molecule is CO/N=C1\CN(c2nc3c(cc2F)c(=O)c(C(=O)O)cn3C2CC2)C[C@]1(C)CN.Cl. The Bertz CT molecular complexity index is 1100. The van der Waals surface area contributed by atoms with E-state index in [2.05, 4.69) is 10.1 Å². The number of carboxylic acid groups (broad SMARTS) is 1. The molecule has 30 heavy (non-hydrogen) atoms. The Morgan fingerprint density at radius 3 is 2.77 bits per heavy atom. The molecular formula is C19H23ClFN5O4. The maximum absolute atomic E-state index is 15.0. The summed E-state index contributed by atoms with van der Waals surface area (Å²) in [7, 11) is 1.44. The van der Waals surface area contributed by atoms with E-state index in [4.69, 9.17) is 10.6 Å². The van der Waals surface area contributed by atoms with Crippen LogP contribution in [-0.2, 0) is 4.84 Å². The molecule has 2 aromatic rings. The van der Waals surface area contributed by atoms with E-state index in [0.717, 1.165) is 18.9 Å². The molecule has 1 saturated heterocycles. The Kier molecular flexibility index (Phi) is 5.74. The van der Waals surface area contributed by atoms with E-state index in [0.29, 0.717) is 18.8 Å². The fraction of sp³-hybridized carbons (Fsp3) is 0.474. The lowest BCUT2D eigenvalue weighted by atomic mass is 9.88. The number of rotatable bonds is 5. The number of oxime groups is 1. The summed E-state index contributed by atoms with van der Waals surface area (Å²) in [5.41, 5.74) is 5.26. The molecule has 9 nitrogen and oxygen atoms in total. The lowest BCUT2D eigenvalue weighted by molar-refractivity contribution is 0.0695. The van der Waals surface area contributed by atoms with Crippen molar-refractivity contribution in [1.29, 1.82) is 0 Å². The zero-order valence-corrected chi connectivity index (χ0v) is 17.4. The number of nitrogens with zero attached hydrogens (tertiary/aromatic N) is 4. The normalized spacial score (nSPS) is 22.4. The molecule has 0 spiro atoms. The maximum Gasteiger partial charge on any atom is 0.341 e. The molecule has 0 aromatic carbocycles. The van der Waals surface area contributed by atoms with E-state index in [-0.39, 0.29) is 47.4 Å². The fourth-order valence-electron chi connectivity index (χ4n) is 3.76. The van der Waals surface area contributed by atoms with Crippen LogP contribution in [0.1, 0.15) is 36.2 Å². The third-order valence-electron chi connectivity index (χ3n) is 5.64. The van der Waals surface area contributed by atoms with Crippen LogP contribution in [0.5, 0.6) is 0 Å². The highest BCUT2D eigenvalue weighted by Gasteiger charge is 2.41. The van der Waals surface area contributed by atoms with E-state index in [1.807, 2.05) is 6.92 Å². The van der Waals surface area contributed by atoms with E-state index in [9.17, 15) is 19.1 Å². The zero-order chi connectivity index (χ0) is 20.9. The topological polar surface area (TPSA) is 123 Å². The first-order valence-electron chi connectivity index (χ1n) is 9.33. The van der Waals surface area contributed by atoms with Gasteiger partial charge in [0.2, 0.25) is 5.43 Å². The number of hydrogen-bond acceptors (Lipinski definition) is 7. The molecule has 3 heterocycles. The van der Waals surface area contributed by atoms with Crippen LogP contribution < -0.4 is 16.1 Å². The number of carboxylic acids is 1. The molecule has 0 bridgehead atoms. The second-order valence-electron chi connectivity index (χ2n) is 7.82. The second-order valence-corrected chi connectivity index (χ2v) is 7.82. The molecule has 0 unspecified atom stereocenters. The lowest BCUT2D eigenvalue weighted by Gasteiger charge is -2.23. The molecule has 1 aliphatic carbocycles. The Morgan fingerprint density at radius 1 is 1.50 bits per heavy atom. The highest BCUT2D eigenvalue weighted by atomic mass is 35.5. The summed E-state index contributed by atoms with van der Waals surface area (Å²) >= 11 is 0. The number of halogens is 2. The van der Waals surface area contributed by atoms with Crippen LogP contribution in [0.15, 0.2) is 22.2 Å². The number of fused-ring (bicyclic) bond motifs is 1. The molecule has 3 N–H and O–H groups in total. The molecule has 1 aliphatic heterocycles. The first kappa shape index (κ1) is 22.0. The Labute approximate surface area is 177 Å². The van der Waals surface area contributed by atoms with Crippen molar-refractivity contribution in [2.45, 2.75) is 25.8 Å². The fourth-order valence-corrected chi connectivity index (χ4v) is 3.76. The van der Waals surface area contributed by atoms with Gasteiger partial charge in [-0.3, -0.25) is 4.79 Å². The summed E-state index contributed by atoms with van der Waals surface area (Å²) in [6.45, 7) is 2.90. The summed E-state index contributed by atoms with van der Waals surface area (Å²) < 4.78 is 16.7. The number of anilines is 1. The van der Waals surface area contributed by atoms with E-state index < -0.39 is 22.6 Å². The Hall–Kier alpha value is -2.72. The number of carbonyl (C=O) groups is 1. The van der Waals surface area contributed by atoms with Crippen LogP contribution in [-0.4, -0.2) is 53.1 Å². The number of aromatic nitrogens is 2. The number of aromatic carboxylic acids is 1. The van der Waals surface area contributed by atoms with E-state index >= 15 is 0 Å². The van der Waals surface area contributed by atoms with Crippen LogP contribution in [0.4, 0.5) is 10.2 Å². The Morgan fingerprint density at radius 2 is 2.20 bits per heavy atom. The van der Waals surface area contributed by atoms with Crippen molar-refractivity contribution in [3.8, 4) is 0 Å². The van der Waals surface area contributed by atoms with Gasteiger partial charge in [-0.05, 0) is 18.9 Å². The minimum Gasteiger partial charge on any atom is -0.477 e. The summed E-state index contributed by atoms with van der Waals surface area (Å²) in [4.78, 5) is 35.1. The monoisotopic (exact) mass is 439 g/mol. The summed E-state index contributed by atoms with van der Waals surface area (Å²) in [5.74, 6) is -1.96. The van der Waals surface area contributed by atoms with Gasteiger partial charge in [0, 0.05) is 30.7 Å². The van der Waals surface area contributed by atoms with Gasteiger partial charge in [0.25, 0.3) is 0 Å². The summed E-state index contributed by atoms with van der Waals surface area (Å²) in [6, 6.07) is 1.14. The van der Waals surface area contributed by atoms with Gasteiger partial charge < -0.3 is 25.1 Å². The standard InChI is InChI=1S/C19H22FN5O4.ClH/c1-19(8-21)9-24(7-14(19)23-29-2)17-13(20)5-11-15(26)12(18(27)28)6-25(10-3-4-10)16(11)22-17;/h5-6,10H,3-4,7-9,21H2,1-2H3,(H,27,28);1H/b23-14+;/t19-;/m0./s1. The first-order valence-corrected chi connectivity index (χ1v) is 9.33. The largest absolute Gasteiger partial charge is 0.477 e. The van der Waals surface area contributed by atoms with Gasteiger partial charge in [0.05, 0.1) is 17.6 Å². The van der Waals surface area contributed by atoms with Crippen molar-refractivity contribution in [2.24, 2.45) is 16.3 Å². The molecule has 0 amide bonds. The van der Waals surface area contributed by atoms with Crippen LogP contribution in [0.3, 0.4) is 0 Å². The molecular weight excluding hydrogens is 417 g/mol. The number of hydrogen-bond donors (Lipinski definition) is 2. The van der Waals surface area contributed by atoms with Gasteiger partial charge in [-0.2, -0.15) is 0 Å². The first-order chi connectivity index (χ1) is 13.8. The lowest BCUT2D eigenvalue weighted by Crippen LogP contribution is -2.36. The molecule has 11 heteroatoms. The molecule has 2 fully saturated rings.